The standard InChI is InChI=1S/C18H24N4O2/c1-13(21(3)18(23)14(2)24-10-15-4-5-15)16-6-8-17(9-7-16)22-12-19-11-20-22/h6-9,11-15H,4-5,10H2,1-3H3/t13-,14-/m0/s1. The van der Waals surface area contributed by atoms with Crippen LogP contribution in [0.15, 0.2) is 36.9 Å². The van der Waals surface area contributed by atoms with Crippen LogP contribution in [-0.2, 0) is 9.53 Å². The summed E-state index contributed by atoms with van der Waals surface area (Å²) in [5.41, 5.74) is 2.02. The van der Waals surface area contributed by atoms with Crippen LogP contribution in [0.3, 0.4) is 0 Å². The van der Waals surface area contributed by atoms with Crippen molar-refractivity contribution in [2.75, 3.05) is 13.7 Å². The Hall–Kier alpha value is -2.21. The molecular weight excluding hydrogens is 304 g/mol. The van der Waals surface area contributed by atoms with Gasteiger partial charge in [0.05, 0.1) is 18.3 Å². The molecule has 0 N–H and O–H groups in total. The molecule has 0 spiro atoms. The number of aromatic nitrogens is 3. The summed E-state index contributed by atoms with van der Waals surface area (Å²) in [6, 6.07) is 7.97. The fourth-order valence-corrected chi connectivity index (χ4v) is 2.58. The van der Waals surface area contributed by atoms with E-state index in [-0.39, 0.29) is 11.9 Å². The molecule has 2 aromatic rings. The van der Waals surface area contributed by atoms with Crippen LogP contribution in [0.5, 0.6) is 0 Å². The number of ether oxygens (including phenoxy) is 1. The fourth-order valence-electron chi connectivity index (χ4n) is 2.58. The van der Waals surface area contributed by atoms with Gasteiger partial charge in [0.25, 0.3) is 5.91 Å². The summed E-state index contributed by atoms with van der Waals surface area (Å²) in [6.45, 7) is 4.56. The predicted octanol–water partition coefficient (Wildman–Crippen LogP) is 2.60. The molecule has 24 heavy (non-hydrogen) atoms. The summed E-state index contributed by atoms with van der Waals surface area (Å²) in [7, 11) is 1.83. The third kappa shape index (κ3) is 3.82. The molecule has 1 fully saturated rings. The maximum absolute atomic E-state index is 12.5. The zero-order chi connectivity index (χ0) is 17.1. The van der Waals surface area contributed by atoms with Crippen molar-refractivity contribution < 1.29 is 9.53 Å². The highest BCUT2D eigenvalue weighted by atomic mass is 16.5. The van der Waals surface area contributed by atoms with Crippen molar-refractivity contribution in [2.24, 2.45) is 5.92 Å². The highest BCUT2D eigenvalue weighted by Gasteiger charge is 2.27. The monoisotopic (exact) mass is 328 g/mol. The highest BCUT2D eigenvalue weighted by molar-refractivity contribution is 5.80. The number of benzene rings is 1. The number of amides is 1. The molecule has 0 aliphatic heterocycles. The van der Waals surface area contributed by atoms with Crippen molar-refractivity contribution in [3.8, 4) is 5.69 Å². The van der Waals surface area contributed by atoms with E-state index in [9.17, 15) is 4.79 Å². The molecule has 6 nitrogen and oxygen atoms in total. The van der Waals surface area contributed by atoms with E-state index < -0.39 is 6.10 Å². The summed E-state index contributed by atoms with van der Waals surface area (Å²) in [6.07, 6.45) is 5.22. The third-order valence-corrected chi connectivity index (χ3v) is 4.61. The quantitative estimate of drug-likeness (QED) is 0.784. The van der Waals surface area contributed by atoms with Gasteiger partial charge in [-0.3, -0.25) is 4.79 Å². The van der Waals surface area contributed by atoms with Gasteiger partial charge in [-0.1, -0.05) is 12.1 Å². The average Bonchev–Trinajstić information content (AvgIpc) is 3.29. The van der Waals surface area contributed by atoms with Crippen LogP contribution in [0.25, 0.3) is 5.69 Å². The van der Waals surface area contributed by atoms with E-state index in [0.29, 0.717) is 12.5 Å². The Bertz CT molecular complexity index is 665. The van der Waals surface area contributed by atoms with Crippen molar-refractivity contribution in [1.29, 1.82) is 0 Å². The van der Waals surface area contributed by atoms with Gasteiger partial charge in [-0.2, -0.15) is 5.10 Å². The molecule has 1 aromatic carbocycles. The first-order valence-electron chi connectivity index (χ1n) is 8.39. The summed E-state index contributed by atoms with van der Waals surface area (Å²) in [5, 5.41) is 4.11. The minimum absolute atomic E-state index is 0.0171. The zero-order valence-electron chi connectivity index (χ0n) is 14.4. The molecule has 0 saturated heterocycles. The summed E-state index contributed by atoms with van der Waals surface area (Å²) < 4.78 is 7.40. The number of likely N-dealkylation sites (N-methyl/N-ethyl adjacent to an activating group) is 1. The second-order valence-corrected chi connectivity index (χ2v) is 6.48. The molecule has 1 heterocycles. The maximum atomic E-state index is 12.5. The Morgan fingerprint density at radius 2 is 2.04 bits per heavy atom. The Labute approximate surface area is 142 Å². The Morgan fingerprint density at radius 3 is 2.62 bits per heavy atom. The summed E-state index contributed by atoms with van der Waals surface area (Å²) >= 11 is 0. The summed E-state index contributed by atoms with van der Waals surface area (Å²) in [4.78, 5) is 18.2. The minimum atomic E-state index is -0.396. The Morgan fingerprint density at radius 1 is 1.33 bits per heavy atom. The third-order valence-electron chi connectivity index (χ3n) is 4.61. The van der Waals surface area contributed by atoms with E-state index in [1.807, 2.05) is 45.2 Å². The van der Waals surface area contributed by atoms with E-state index in [1.165, 1.54) is 19.2 Å². The number of rotatable bonds is 7. The molecule has 3 rings (SSSR count). The lowest BCUT2D eigenvalue weighted by atomic mass is 10.1. The normalized spacial score (nSPS) is 16.6. The van der Waals surface area contributed by atoms with Crippen LogP contribution in [0.1, 0.15) is 38.3 Å². The second kappa shape index (κ2) is 7.13. The highest BCUT2D eigenvalue weighted by Crippen LogP contribution is 2.29. The second-order valence-electron chi connectivity index (χ2n) is 6.48. The molecule has 1 aromatic heterocycles. The van der Waals surface area contributed by atoms with E-state index in [0.717, 1.165) is 11.3 Å². The van der Waals surface area contributed by atoms with Crippen molar-refractivity contribution >= 4 is 5.91 Å². The van der Waals surface area contributed by atoms with Gasteiger partial charge in [0.2, 0.25) is 0 Å². The zero-order valence-corrected chi connectivity index (χ0v) is 14.4. The van der Waals surface area contributed by atoms with Gasteiger partial charge in [-0.25, -0.2) is 9.67 Å². The molecule has 1 amide bonds. The first-order chi connectivity index (χ1) is 11.6. The van der Waals surface area contributed by atoms with E-state index in [1.54, 1.807) is 15.9 Å². The molecule has 0 radical (unpaired) electrons. The SMILES string of the molecule is C[C@H](OCC1CC1)C(=O)N(C)[C@@H](C)c1ccc(-n2cncn2)cc1. The van der Waals surface area contributed by atoms with Gasteiger partial charge in [0.1, 0.15) is 18.8 Å². The van der Waals surface area contributed by atoms with Crippen molar-refractivity contribution in [3.63, 3.8) is 0 Å². The number of carbonyl (C=O) groups excluding carboxylic acids is 1. The molecule has 6 heteroatoms. The fraction of sp³-hybridized carbons (Fsp3) is 0.500. The first kappa shape index (κ1) is 16.6. The van der Waals surface area contributed by atoms with Gasteiger partial charge in [0, 0.05) is 7.05 Å². The minimum Gasteiger partial charge on any atom is -0.368 e. The first-order valence-corrected chi connectivity index (χ1v) is 8.39. The van der Waals surface area contributed by atoms with Gasteiger partial charge in [0.15, 0.2) is 0 Å². The molecule has 1 aliphatic carbocycles. The number of carbonyl (C=O) groups is 1. The number of hydrogen-bond donors (Lipinski definition) is 0. The molecule has 0 unspecified atom stereocenters. The van der Waals surface area contributed by atoms with Crippen LogP contribution in [0, 0.1) is 5.92 Å². The Balaban J connectivity index is 1.61. The van der Waals surface area contributed by atoms with Crippen LogP contribution < -0.4 is 0 Å². The van der Waals surface area contributed by atoms with E-state index in [4.69, 9.17) is 4.74 Å². The summed E-state index contributed by atoms with van der Waals surface area (Å²) in [5.74, 6) is 0.677. The van der Waals surface area contributed by atoms with E-state index in [2.05, 4.69) is 10.1 Å². The molecule has 1 aliphatic rings. The molecular formula is C18H24N4O2. The van der Waals surface area contributed by atoms with Crippen molar-refractivity contribution in [1.82, 2.24) is 19.7 Å². The molecule has 1 saturated carbocycles. The predicted molar refractivity (Wildman–Crippen MR) is 90.7 cm³/mol. The smallest absolute Gasteiger partial charge is 0.251 e. The van der Waals surface area contributed by atoms with Gasteiger partial charge in [-0.15, -0.1) is 0 Å². The van der Waals surface area contributed by atoms with Gasteiger partial charge < -0.3 is 9.64 Å². The van der Waals surface area contributed by atoms with E-state index >= 15 is 0 Å². The largest absolute Gasteiger partial charge is 0.368 e. The topological polar surface area (TPSA) is 60.2 Å². The maximum Gasteiger partial charge on any atom is 0.251 e. The number of hydrogen-bond acceptors (Lipinski definition) is 4. The Kier molecular flexibility index (Phi) is 4.94. The lowest BCUT2D eigenvalue weighted by Gasteiger charge is -2.28. The van der Waals surface area contributed by atoms with Gasteiger partial charge in [-0.05, 0) is 50.3 Å². The average molecular weight is 328 g/mol. The number of nitrogens with zero attached hydrogens (tertiary/aromatic N) is 4. The molecule has 0 bridgehead atoms. The van der Waals surface area contributed by atoms with Crippen molar-refractivity contribution in [3.05, 3.63) is 42.5 Å². The molecule has 2 atom stereocenters. The van der Waals surface area contributed by atoms with Crippen LogP contribution in [0.4, 0.5) is 0 Å². The van der Waals surface area contributed by atoms with Crippen molar-refractivity contribution in [2.45, 2.75) is 38.8 Å². The van der Waals surface area contributed by atoms with Crippen LogP contribution >= 0.6 is 0 Å². The van der Waals surface area contributed by atoms with Crippen LogP contribution in [-0.4, -0.2) is 45.3 Å². The lowest BCUT2D eigenvalue weighted by molar-refractivity contribution is -0.143. The lowest BCUT2D eigenvalue weighted by Crippen LogP contribution is -2.38. The van der Waals surface area contributed by atoms with Crippen LogP contribution in [0.2, 0.25) is 0 Å². The van der Waals surface area contributed by atoms with Gasteiger partial charge >= 0.3 is 0 Å². The molecule has 128 valence electrons.